The Labute approximate surface area is 76.1 Å². The summed E-state index contributed by atoms with van der Waals surface area (Å²) in [6.07, 6.45) is 5.63. The van der Waals surface area contributed by atoms with E-state index in [9.17, 15) is 0 Å². The first kappa shape index (κ1) is 13.2. The maximum Gasteiger partial charge on any atom is -0.0186 e. The predicted octanol–water partition coefficient (Wildman–Crippen LogP) is 3.98. The lowest BCUT2D eigenvalue weighted by Gasteiger charge is -1.91. The van der Waals surface area contributed by atoms with E-state index in [1.165, 1.54) is 5.57 Å². The molecule has 0 N–H and O–H groups in total. The summed E-state index contributed by atoms with van der Waals surface area (Å²) in [5.74, 6) is 0. The molecule has 0 aromatic carbocycles. The molecule has 0 aliphatic heterocycles. The summed E-state index contributed by atoms with van der Waals surface area (Å²) in [4.78, 5) is 1.05. The van der Waals surface area contributed by atoms with Crippen molar-refractivity contribution in [3.8, 4) is 0 Å². The van der Waals surface area contributed by atoms with Gasteiger partial charge in [0, 0.05) is 0 Å². The molecule has 0 aliphatic rings. The first-order valence-electron chi connectivity index (χ1n) is 3.84. The van der Waals surface area contributed by atoms with Gasteiger partial charge < -0.3 is 0 Å². The highest BCUT2D eigenvalue weighted by atomic mass is 32.1. The Balaban J connectivity index is 0. The van der Waals surface area contributed by atoms with Crippen molar-refractivity contribution in [2.45, 2.75) is 27.7 Å². The van der Waals surface area contributed by atoms with Crippen molar-refractivity contribution in [3.05, 3.63) is 35.3 Å². The lowest BCUT2D eigenvalue weighted by atomic mass is 10.2. The van der Waals surface area contributed by atoms with Gasteiger partial charge in [-0.1, -0.05) is 38.7 Å². The fraction of sp³-hybridized carbons (Fsp3) is 0.400. The molecule has 0 bridgehead atoms. The number of thiol groups is 1. The Morgan fingerprint density at radius 2 is 1.73 bits per heavy atom. The first-order valence-corrected chi connectivity index (χ1v) is 4.28. The highest BCUT2D eigenvalue weighted by Crippen LogP contribution is 2.07. The molecule has 0 rings (SSSR count). The average Bonchev–Trinajstić information content (AvgIpc) is 2.03. The van der Waals surface area contributed by atoms with Gasteiger partial charge in [-0.3, -0.25) is 0 Å². The second-order valence-electron chi connectivity index (χ2n) is 1.86. The summed E-state index contributed by atoms with van der Waals surface area (Å²) in [7, 11) is 0. The van der Waals surface area contributed by atoms with Crippen molar-refractivity contribution in [1.29, 1.82) is 0 Å². The fourth-order valence-electron chi connectivity index (χ4n) is 0.333. The van der Waals surface area contributed by atoms with Crippen LogP contribution in [0.4, 0.5) is 0 Å². The molecule has 11 heavy (non-hydrogen) atoms. The molecule has 0 atom stereocenters. The van der Waals surface area contributed by atoms with Crippen LogP contribution in [0.2, 0.25) is 0 Å². The van der Waals surface area contributed by atoms with E-state index in [1.54, 1.807) is 6.08 Å². The van der Waals surface area contributed by atoms with Gasteiger partial charge in [0.25, 0.3) is 0 Å². The Kier molecular flexibility index (Phi) is 11.5. The van der Waals surface area contributed by atoms with Gasteiger partial charge in [0.15, 0.2) is 0 Å². The minimum Gasteiger partial charge on any atom is -0.148 e. The van der Waals surface area contributed by atoms with Crippen molar-refractivity contribution in [2.24, 2.45) is 0 Å². The smallest absolute Gasteiger partial charge is 0.0186 e. The molecular weight excluding hydrogens is 152 g/mol. The van der Waals surface area contributed by atoms with Crippen molar-refractivity contribution in [2.75, 3.05) is 0 Å². The summed E-state index contributed by atoms with van der Waals surface area (Å²) in [6.45, 7) is 11.5. The van der Waals surface area contributed by atoms with E-state index >= 15 is 0 Å². The van der Waals surface area contributed by atoms with Crippen LogP contribution < -0.4 is 0 Å². The van der Waals surface area contributed by atoms with E-state index in [1.807, 2.05) is 39.8 Å². The molecule has 0 radical (unpaired) electrons. The molecule has 0 aromatic heterocycles. The van der Waals surface area contributed by atoms with Crippen LogP contribution >= 0.6 is 12.6 Å². The number of allylic oxidation sites excluding steroid dienone is 5. The van der Waals surface area contributed by atoms with Gasteiger partial charge in [-0.25, -0.2) is 0 Å². The molecule has 0 fully saturated rings. The van der Waals surface area contributed by atoms with E-state index in [4.69, 9.17) is 0 Å². The Hall–Kier alpha value is -0.430. The normalized spacial score (nSPS) is 11.7. The number of hydrogen-bond donors (Lipinski definition) is 1. The third-order valence-corrected chi connectivity index (χ3v) is 1.41. The monoisotopic (exact) mass is 170 g/mol. The maximum absolute atomic E-state index is 4.16. The third-order valence-electron chi connectivity index (χ3n) is 1.05. The van der Waals surface area contributed by atoms with Crippen LogP contribution in [0, 0.1) is 0 Å². The lowest BCUT2D eigenvalue weighted by Crippen LogP contribution is -1.68. The third kappa shape index (κ3) is 9.57. The molecule has 0 unspecified atom stereocenters. The van der Waals surface area contributed by atoms with Gasteiger partial charge in [0.2, 0.25) is 0 Å². The molecular formula is C10H18S. The quantitative estimate of drug-likeness (QED) is 0.470. The van der Waals surface area contributed by atoms with Crippen molar-refractivity contribution >= 4 is 12.6 Å². The minimum atomic E-state index is 1.05. The van der Waals surface area contributed by atoms with Crippen molar-refractivity contribution in [1.82, 2.24) is 0 Å². The molecule has 0 amide bonds. The minimum absolute atomic E-state index is 1.05. The van der Waals surface area contributed by atoms with Gasteiger partial charge in [-0.2, -0.15) is 0 Å². The second-order valence-corrected chi connectivity index (χ2v) is 2.53. The molecule has 0 heterocycles. The Bertz CT molecular complexity index is 148. The van der Waals surface area contributed by atoms with Crippen LogP contribution in [-0.2, 0) is 0 Å². The molecule has 64 valence electrons. The van der Waals surface area contributed by atoms with Gasteiger partial charge in [0.1, 0.15) is 0 Å². The van der Waals surface area contributed by atoms with E-state index in [-0.39, 0.29) is 0 Å². The zero-order valence-corrected chi connectivity index (χ0v) is 8.78. The molecule has 0 spiro atoms. The lowest BCUT2D eigenvalue weighted by molar-refractivity contribution is 1.45. The standard InChI is InChI=1S/C8H12S.C2H6/c1-4-5-6-7(2)8(3)9;1-2/h4-6,9H,1H2,2-3H3;1-2H3/b6-5-,8-7+;. The summed E-state index contributed by atoms with van der Waals surface area (Å²) in [6, 6.07) is 0. The molecule has 0 aromatic rings. The maximum atomic E-state index is 4.16. The molecule has 0 saturated heterocycles. The van der Waals surface area contributed by atoms with E-state index < -0.39 is 0 Å². The van der Waals surface area contributed by atoms with Crippen LogP contribution in [0.5, 0.6) is 0 Å². The summed E-state index contributed by atoms with van der Waals surface area (Å²) in [5.41, 5.74) is 1.18. The van der Waals surface area contributed by atoms with Crippen LogP contribution in [0.15, 0.2) is 35.3 Å². The zero-order chi connectivity index (χ0) is 9.28. The van der Waals surface area contributed by atoms with Crippen molar-refractivity contribution < 1.29 is 0 Å². The number of rotatable bonds is 2. The molecule has 0 saturated carbocycles. The van der Waals surface area contributed by atoms with Crippen LogP contribution in [0.25, 0.3) is 0 Å². The highest BCUT2D eigenvalue weighted by molar-refractivity contribution is 7.84. The highest BCUT2D eigenvalue weighted by Gasteiger charge is 1.82. The second kappa shape index (κ2) is 9.57. The van der Waals surface area contributed by atoms with Gasteiger partial charge in [-0.15, -0.1) is 12.6 Å². The predicted molar refractivity (Wildman–Crippen MR) is 58.0 cm³/mol. The number of hydrogen-bond acceptors (Lipinski definition) is 1. The molecule has 0 nitrogen and oxygen atoms in total. The van der Waals surface area contributed by atoms with Crippen LogP contribution in [0.1, 0.15) is 27.7 Å². The molecule has 0 aliphatic carbocycles. The Morgan fingerprint density at radius 1 is 1.27 bits per heavy atom. The van der Waals surface area contributed by atoms with Crippen LogP contribution in [0.3, 0.4) is 0 Å². The average molecular weight is 170 g/mol. The first-order chi connectivity index (χ1) is 5.18. The topological polar surface area (TPSA) is 0 Å². The summed E-state index contributed by atoms with van der Waals surface area (Å²) < 4.78 is 0. The molecule has 1 heteroatoms. The summed E-state index contributed by atoms with van der Waals surface area (Å²) >= 11 is 4.16. The SMILES string of the molecule is C=C/C=C\C(C)=C(/C)S.CC. The van der Waals surface area contributed by atoms with Crippen LogP contribution in [-0.4, -0.2) is 0 Å². The zero-order valence-electron chi connectivity index (χ0n) is 7.89. The van der Waals surface area contributed by atoms with Gasteiger partial charge >= 0.3 is 0 Å². The summed E-state index contributed by atoms with van der Waals surface area (Å²) in [5, 5.41) is 0. The van der Waals surface area contributed by atoms with E-state index in [0.29, 0.717) is 0 Å². The van der Waals surface area contributed by atoms with Crippen molar-refractivity contribution in [3.63, 3.8) is 0 Å². The Morgan fingerprint density at radius 3 is 2.00 bits per heavy atom. The van der Waals surface area contributed by atoms with E-state index in [2.05, 4.69) is 19.2 Å². The van der Waals surface area contributed by atoms with E-state index in [0.717, 1.165) is 4.91 Å². The van der Waals surface area contributed by atoms with Gasteiger partial charge in [-0.05, 0) is 24.3 Å². The fourth-order valence-corrected chi connectivity index (χ4v) is 0.408. The largest absolute Gasteiger partial charge is 0.148 e. The van der Waals surface area contributed by atoms with Gasteiger partial charge in [0.05, 0.1) is 0 Å².